The predicted molar refractivity (Wildman–Crippen MR) is 88.7 cm³/mol. The van der Waals surface area contributed by atoms with E-state index in [1.54, 1.807) is 0 Å². The average Bonchev–Trinajstić information content (AvgIpc) is 2.53. The number of ether oxygens (including phenoxy) is 1. The Balaban J connectivity index is 2.13. The summed E-state index contributed by atoms with van der Waals surface area (Å²) in [5.41, 5.74) is 2.76. The normalized spacial score (nSPS) is 21.4. The zero-order chi connectivity index (χ0) is 15.1. The molecular weight excluding hydrogens is 260 g/mol. The van der Waals surface area contributed by atoms with E-state index in [2.05, 4.69) is 55.3 Å². The first-order valence-electron chi connectivity index (χ1n) is 8.44. The van der Waals surface area contributed by atoms with Gasteiger partial charge in [0.05, 0.1) is 18.8 Å². The molecule has 1 heterocycles. The van der Waals surface area contributed by atoms with Crippen LogP contribution in [0, 0.1) is 0 Å². The molecule has 2 rings (SSSR count). The molecule has 1 saturated heterocycles. The van der Waals surface area contributed by atoms with Gasteiger partial charge in [-0.25, -0.2) is 0 Å². The van der Waals surface area contributed by atoms with Crippen LogP contribution >= 0.6 is 0 Å². The van der Waals surface area contributed by atoms with E-state index in [0.717, 1.165) is 32.7 Å². The fraction of sp³-hybridized carbons (Fsp3) is 0.667. The molecule has 0 saturated carbocycles. The van der Waals surface area contributed by atoms with Gasteiger partial charge in [0, 0.05) is 13.1 Å². The van der Waals surface area contributed by atoms with Gasteiger partial charge in [-0.3, -0.25) is 4.90 Å². The van der Waals surface area contributed by atoms with Crippen LogP contribution in [0.3, 0.4) is 0 Å². The van der Waals surface area contributed by atoms with Gasteiger partial charge in [0.15, 0.2) is 0 Å². The number of hydrogen-bond donors (Lipinski definition) is 1. The summed E-state index contributed by atoms with van der Waals surface area (Å²) in [6.45, 7) is 11.7. The van der Waals surface area contributed by atoms with Crippen molar-refractivity contribution < 1.29 is 4.74 Å². The fourth-order valence-corrected chi connectivity index (χ4v) is 3.14. The lowest BCUT2D eigenvalue weighted by Crippen LogP contribution is -2.48. The maximum atomic E-state index is 6.09. The van der Waals surface area contributed by atoms with Gasteiger partial charge in [-0.2, -0.15) is 0 Å². The summed E-state index contributed by atoms with van der Waals surface area (Å²) in [5.74, 6) is 0. The molecule has 2 unspecified atom stereocenters. The van der Waals surface area contributed by atoms with Crippen molar-refractivity contribution in [1.29, 1.82) is 0 Å². The summed E-state index contributed by atoms with van der Waals surface area (Å²) >= 11 is 0. The van der Waals surface area contributed by atoms with Crippen LogP contribution in [0.15, 0.2) is 24.3 Å². The van der Waals surface area contributed by atoms with Crippen molar-refractivity contribution in [2.24, 2.45) is 0 Å². The first kappa shape index (κ1) is 16.5. The summed E-state index contributed by atoms with van der Waals surface area (Å²) in [6.07, 6.45) is 2.54. The maximum absolute atomic E-state index is 6.09. The molecule has 1 aromatic carbocycles. The lowest BCUT2D eigenvalue weighted by Gasteiger charge is -2.37. The molecule has 0 bridgehead atoms. The summed E-state index contributed by atoms with van der Waals surface area (Å²) in [5, 5.41) is 3.63. The number of hydrogen-bond acceptors (Lipinski definition) is 3. The predicted octanol–water partition coefficient (Wildman–Crippen LogP) is 3.01. The summed E-state index contributed by atoms with van der Waals surface area (Å²) in [6, 6.07) is 9.23. The second-order valence-corrected chi connectivity index (χ2v) is 5.84. The first-order chi connectivity index (χ1) is 10.3. The fourth-order valence-electron chi connectivity index (χ4n) is 3.14. The topological polar surface area (TPSA) is 24.5 Å². The van der Waals surface area contributed by atoms with E-state index in [1.807, 2.05) is 0 Å². The molecule has 1 fully saturated rings. The average molecular weight is 290 g/mol. The molecule has 2 atom stereocenters. The molecule has 1 aliphatic rings. The quantitative estimate of drug-likeness (QED) is 0.835. The van der Waals surface area contributed by atoms with Gasteiger partial charge in [-0.05, 0) is 37.1 Å². The lowest BCUT2D eigenvalue weighted by atomic mass is 9.97. The third kappa shape index (κ3) is 4.53. The molecular formula is C18H30N2O. The van der Waals surface area contributed by atoms with Crippen molar-refractivity contribution in [3.8, 4) is 0 Å². The van der Waals surface area contributed by atoms with Crippen molar-refractivity contribution in [1.82, 2.24) is 10.2 Å². The summed E-state index contributed by atoms with van der Waals surface area (Å²) in [7, 11) is 0. The number of benzene rings is 1. The zero-order valence-electron chi connectivity index (χ0n) is 13.8. The van der Waals surface area contributed by atoms with Crippen molar-refractivity contribution in [3.63, 3.8) is 0 Å². The molecule has 118 valence electrons. The van der Waals surface area contributed by atoms with Crippen LogP contribution in [0.25, 0.3) is 0 Å². The van der Waals surface area contributed by atoms with E-state index in [9.17, 15) is 0 Å². The Hall–Kier alpha value is -0.900. The van der Waals surface area contributed by atoms with Gasteiger partial charge < -0.3 is 10.1 Å². The van der Waals surface area contributed by atoms with Gasteiger partial charge in [0.25, 0.3) is 0 Å². The first-order valence-corrected chi connectivity index (χ1v) is 8.44. The minimum Gasteiger partial charge on any atom is -0.374 e. The van der Waals surface area contributed by atoms with Crippen LogP contribution in [0.2, 0.25) is 0 Å². The van der Waals surface area contributed by atoms with Crippen LogP contribution in [-0.4, -0.2) is 43.8 Å². The highest BCUT2D eigenvalue weighted by Crippen LogP contribution is 2.23. The molecule has 3 nitrogen and oxygen atoms in total. The summed E-state index contributed by atoms with van der Waals surface area (Å²) < 4.78 is 6.09. The van der Waals surface area contributed by atoms with Crippen LogP contribution < -0.4 is 5.32 Å². The largest absolute Gasteiger partial charge is 0.374 e. The maximum Gasteiger partial charge on any atom is 0.0896 e. The SMILES string of the molecule is CCCN1CCOC(C(NCC)c2cccc(CC)c2)C1. The van der Waals surface area contributed by atoms with Gasteiger partial charge in [-0.15, -0.1) is 0 Å². The van der Waals surface area contributed by atoms with Crippen molar-refractivity contribution in [2.75, 3.05) is 32.8 Å². The Morgan fingerprint density at radius 1 is 1.33 bits per heavy atom. The van der Waals surface area contributed by atoms with Gasteiger partial charge in [-0.1, -0.05) is 45.0 Å². The minimum absolute atomic E-state index is 0.248. The Morgan fingerprint density at radius 2 is 2.19 bits per heavy atom. The molecule has 0 aromatic heterocycles. The number of nitrogens with zero attached hydrogens (tertiary/aromatic N) is 1. The highest BCUT2D eigenvalue weighted by Gasteiger charge is 2.28. The van der Waals surface area contributed by atoms with Crippen LogP contribution in [-0.2, 0) is 11.2 Å². The molecule has 0 aliphatic carbocycles. The molecule has 0 spiro atoms. The third-order valence-electron chi connectivity index (χ3n) is 4.23. The van der Waals surface area contributed by atoms with Gasteiger partial charge in [0.1, 0.15) is 0 Å². The minimum atomic E-state index is 0.248. The number of likely N-dealkylation sites (N-methyl/N-ethyl adjacent to an activating group) is 1. The highest BCUT2D eigenvalue weighted by molar-refractivity contribution is 5.27. The molecule has 1 aliphatic heterocycles. The van der Waals surface area contributed by atoms with Crippen LogP contribution in [0.1, 0.15) is 44.4 Å². The van der Waals surface area contributed by atoms with Gasteiger partial charge >= 0.3 is 0 Å². The van der Waals surface area contributed by atoms with Crippen molar-refractivity contribution >= 4 is 0 Å². The Bertz CT molecular complexity index is 419. The van der Waals surface area contributed by atoms with E-state index < -0.39 is 0 Å². The Labute approximate surface area is 129 Å². The molecule has 1 aromatic rings. The highest BCUT2D eigenvalue weighted by atomic mass is 16.5. The second-order valence-electron chi connectivity index (χ2n) is 5.84. The lowest BCUT2D eigenvalue weighted by molar-refractivity contribution is -0.0468. The molecule has 1 N–H and O–H groups in total. The smallest absolute Gasteiger partial charge is 0.0896 e. The standard InChI is InChI=1S/C18H30N2O/c1-4-10-20-11-12-21-17(14-20)18(19-6-3)16-9-7-8-15(5-2)13-16/h7-9,13,17-19H,4-6,10-12,14H2,1-3H3. The third-order valence-corrected chi connectivity index (χ3v) is 4.23. The second kappa shape index (κ2) is 8.52. The Morgan fingerprint density at radius 3 is 2.90 bits per heavy atom. The molecule has 21 heavy (non-hydrogen) atoms. The number of aryl methyl sites for hydroxylation is 1. The van der Waals surface area contributed by atoms with Crippen LogP contribution in [0.4, 0.5) is 0 Å². The summed E-state index contributed by atoms with van der Waals surface area (Å²) in [4.78, 5) is 2.53. The van der Waals surface area contributed by atoms with E-state index >= 15 is 0 Å². The molecule has 0 amide bonds. The van der Waals surface area contributed by atoms with E-state index in [1.165, 1.54) is 24.1 Å². The van der Waals surface area contributed by atoms with Crippen LogP contribution in [0.5, 0.6) is 0 Å². The number of morpholine rings is 1. The van der Waals surface area contributed by atoms with E-state index in [4.69, 9.17) is 4.74 Å². The van der Waals surface area contributed by atoms with Crippen molar-refractivity contribution in [3.05, 3.63) is 35.4 Å². The number of nitrogens with one attached hydrogen (secondary N) is 1. The Kier molecular flexibility index (Phi) is 6.68. The zero-order valence-corrected chi connectivity index (χ0v) is 13.8. The number of rotatable bonds is 7. The van der Waals surface area contributed by atoms with Gasteiger partial charge in [0.2, 0.25) is 0 Å². The van der Waals surface area contributed by atoms with E-state index in [-0.39, 0.29) is 6.10 Å². The molecule has 0 radical (unpaired) electrons. The van der Waals surface area contributed by atoms with Crippen molar-refractivity contribution in [2.45, 2.75) is 45.8 Å². The monoisotopic (exact) mass is 290 g/mol. The molecule has 3 heteroatoms. The van der Waals surface area contributed by atoms with E-state index in [0.29, 0.717) is 6.04 Å².